The second-order valence-corrected chi connectivity index (χ2v) is 8.85. The van der Waals surface area contributed by atoms with Crippen LogP contribution in [0.4, 0.5) is 0 Å². The highest BCUT2D eigenvalue weighted by atomic mass is 16.2. The molecule has 2 aromatic heterocycles. The summed E-state index contributed by atoms with van der Waals surface area (Å²) in [5.41, 5.74) is 3.31. The quantitative estimate of drug-likeness (QED) is 0.739. The van der Waals surface area contributed by atoms with Gasteiger partial charge in [0.2, 0.25) is 5.91 Å². The Labute approximate surface area is 174 Å². The van der Waals surface area contributed by atoms with E-state index in [1.807, 2.05) is 30.7 Å². The number of rotatable bonds is 4. The second kappa shape index (κ2) is 9.02. The monoisotopic (exact) mass is 392 g/mol. The normalized spacial score (nSPS) is 18.9. The molecule has 0 spiro atoms. The first kappa shape index (κ1) is 20.0. The molecule has 3 heterocycles. The molecule has 0 aromatic carbocycles. The van der Waals surface area contributed by atoms with Gasteiger partial charge in [-0.2, -0.15) is 0 Å². The Morgan fingerprint density at radius 2 is 1.72 bits per heavy atom. The lowest BCUT2D eigenvalue weighted by atomic mass is 9.87. The van der Waals surface area contributed by atoms with Gasteiger partial charge in [-0.15, -0.1) is 0 Å². The van der Waals surface area contributed by atoms with Crippen molar-refractivity contribution < 1.29 is 4.79 Å². The minimum Gasteiger partial charge on any atom is -0.342 e. The van der Waals surface area contributed by atoms with E-state index in [0.717, 1.165) is 61.4 Å². The first-order chi connectivity index (χ1) is 14.1. The van der Waals surface area contributed by atoms with Crippen LogP contribution < -0.4 is 0 Å². The standard InChI is InChI=1S/C24H32N4O/c1-17(2)22-21(18-8-12-25-13-9-18)16-26-23(27-22)19-10-14-28(15-11-19)24(29)20-6-4-3-5-7-20/h8-9,12-13,16-17,19-20H,3-7,10-11,14-15H2,1-2H3. The molecular formula is C24H32N4O. The molecule has 1 amide bonds. The molecular weight excluding hydrogens is 360 g/mol. The van der Waals surface area contributed by atoms with Crippen LogP contribution in [0.2, 0.25) is 0 Å². The van der Waals surface area contributed by atoms with Crippen molar-refractivity contribution in [3.8, 4) is 11.1 Å². The topological polar surface area (TPSA) is 59.0 Å². The number of hydrogen-bond acceptors (Lipinski definition) is 4. The fourth-order valence-electron chi connectivity index (χ4n) is 4.77. The number of aromatic nitrogens is 3. The van der Waals surface area contributed by atoms with Crippen molar-refractivity contribution in [3.63, 3.8) is 0 Å². The van der Waals surface area contributed by atoms with Crippen LogP contribution >= 0.6 is 0 Å². The lowest BCUT2D eigenvalue weighted by Crippen LogP contribution is -2.42. The molecule has 1 saturated carbocycles. The van der Waals surface area contributed by atoms with E-state index in [1.165, 1.54) is 19.3 Å². The van der Waals surface area contributed by atoms with Gasteiger partial charge in [0.25, 0.3) is 0 Å². The Morgan fingerprint density at radius 3 is 2.38 bits per heavy atom. The maximum Gasteiger partial charge on any atom is 0.225 e. The highest BCUT2D eigenvalue weighted by Gasteiger charge is 2.30. The highest BCUT2D eigenvalue weighted by Crippen LogP contribution is 2.32. The van der Waals surface area contributed by atoms with Crippen molar-refractivity contribution in [2.75, 3.05) is 13.1 Å². The molecule has 2 aliphatic rings. The summed E-state index contributed by atoms with van der Waals surface area (Å²) in [5, 5.41) is 0. The van der Waals surface area contributed by atoms with E-state index in [0.29, 0.717) is 17.7 Å². The number of piperidine rings is 1. The van der Waals surface area contributed by atoms with Crippen molar-refractivity contribution in [1.29, 1.82) is 0 Å². The number of nitrogens with zero attached hydrogens (tertiary/aromatic N) is 4. The third-order valence-electron chi connectivity index (χ3n) is 6.50. The average Bonchev–Trinajstić information content (AvgIpc) is 2.79. The molecule has 0 bridgehead atoms. The maximum absolute atomic E-state index is 12.8. The fraction of sp³-hybridized carbons (Fsp3) is 0.583. The molecule has 1 aliphatic carbocycles. The van der Waals surface area contributed by atoms with Crippen LogP contribution in [0.25, 0.3) is 11.1 Å². The molecule has 0 unspecified atom stereocenters. The molecule has 0 radical (unpaired) electrons. The van der Waals surface area contributed by atoms with Gasteiger partial charge in [-0.25, -0.2) is 9.97 Å². The minimum atomic E-state index is 0.267. The summed E-state index contributed by atoms with van der Waals surface area (Å²) in [6.07, 6.45) is 13.4. The van der Waals surface area contributed by atoms with E-state index in [1.54, 1.807) is 0 Å². The Balaban J connectivity index is 1.45. The van der Waals surface area contributed by atoms with Gasteiger partial charge in [0.15, 0.2) is 0 Å². The highest BCUT2D eigenvalue weighted by molar-refractivity contribution is 5.79. The van der Waals surface area contributed by atoms with Gasteiger partial charge >= 0.3 is 0 Å². The lowest BCUT2D eigenvalue weighted by Gasteiger charge is -2.35. The van der Waals surface area contributed by atoms with Crippen LogP contribution in [-0.2, 0) is 4.79 Å². The van der Waals surface area contributed by atoms with Crippen molar-refractivity contribution >= 4 is 5.91 Å². The number of hydrogen-bond donors (Lipinski definition) is 0. The van der Waals surface area contributed by atoms with Crippen LogP contribution in [0.1, 0.15) is 82.1 Å². The summed E-state index contributed by atoms with van der Waals surface area (Å²) >= 11 is 0. The van der Waals surface area contributed by atoms with E-state index in [-0.39, 0.29) is 5.92 Å². The van der Waals surface area contributed by atoms with Gasteiger partial charge in [-0.1, -0.05) is 33.1 Å². The number of carbonyl (C=O) groups excluding carboxylic acids is 1. The summed E-state index contributed by atoms with van der Waals surface area (Å²) in [7, 11) is 0. The van der Waals surface area contributed by atoms with E-state index in [2.05, 4.69) is 23.7 Å². The molecule has 0 N–H and O–H groups in total. The van der Waals surface area contributed by atoms with Crippen LogP contribution in [0.15, 0.2) is 30.7 Å². The largest absolute Gasteiger partial charge is 0.342 e. The Morgan fingerprint density at radius 1 is 1.03 bits per heavy atom. The molecule has 2 fully saturated rings. The molecule has 4 rings (SSSR count). The van der Waals surface area contributed by atoms with Crippen LogP contribution in [-0.4, -0.2) is 38.8 Å². The van der Waals surface area contributed by atoms with Crippen LogP contribution in [0, 0.1) is 5.92 Å². The minimum absolute atomic E-state index is 0.267. The maximum atomic E-state index is 12.8. The van der Waals surface area contributed by atoms with Crippen molar-refractivity contribution in [3.05, 3.63) is 42.2 Å². The molecule has 29 heavy (non-hydrogen) atoms. The van der Waals surface area contributed by atoms with Crippen LogP contribution in [0.3, 0.4) is 0 Å². The van der Waals surface area contributed by atoms with Crippen molar-refractivity contribution in [1.82, 2.24) is 19.9 Å². The predicted octanol–water partition coefficient (Wildman–Crippen LogP) is 4.95. The Bertz CT molecular complexity index is 822. The fourth-order valence-corrected chi connectivity index (χ4v) is 4.77. The number of likely N-dealkylation sites (tertiary alicyclic amines) is 1. The SMILES string of the molecule is CC(C)c1nc(C2CCN(C(=O)C3CCCCC3)CC2)ncc1-c1ccncc1. The second-order valence-electron chi connectivity index (χ2n) is 8.85. The molecule has 1 aliphatic heterocycles. The number of amides is 1. The van der Waals surface area contributed by atoms with Gasteiger partial charge < -0.3 is 4.90 Å². The van der Waals surface area contributed by atoms with Crippen molar-refractivity contribution in [2.45, 2.75) is 70.6 Å². The summed E-state index contributed by atoms with van der Waals surface area (Å²) in [4.78, 5) is 28.8. The molecule has 154 valence electrons. The Kier molecular flexibility index (Phi) is 6.22. The predicted molar refractivity (Wildman–Crippen MR) is 114 cm³/mol. The van der Waals surface area contributed by atoms with Gasteiger partial charge in [0, 0.05) is 49.1 Å². The smallest absolute Gasteiger partial charge is 0.225 e. The van der Waals surface area contributed by atoms with Gasteiger partial charge in [0.05, 0.1) is 5.69 Å². The third kappa shape index (κ3) is 4.49. The Hall–Kier alpha value is -2.30. The molecule has 5 nitrogen and oxygen atoms in total. The van der Waals surface area contributed by atoms with E-state index < -0.39 is 0 Å². The van der Waals surface area contributed by atoms with E-state index in [4.69, 9.17) is 9.97 Å². The summed E-state index contributed by atoms with van der Waals surface area (Å²) in [5.74, 6) is 2.27. The third-order valence-corrected chi connectivity index (χ3v) is 6.50. The summed E-state index contributed by atoms with van der Waals surface area (Å²) in [6, 6.07) is 4.03. The van der Waals surface area contributed by atoms with E-state index >= 15 is 0 Å². The van der Waals surface area contributed by atoms with Crippen LogP contribution in [0.5, 0.6) is 0 Å². The molecule has 5 heteroatoms. The average molecular weight is 393 g/mol. The van der Waals surface area contributed by atoms with E-state index in [9.17, 15) is 4.79 Å². The number of pyridine rings is 1. The lowest BCUT2D eigenvalue weighted by molar-refractivity contribution is -0.137. The molecule has 0 atom stereocenters. The van der Waals surface area contributed by atoms with Gasteiger partial charge in [-0.05, 0) is 49.3 Å². The van der Waals surface area contributed by atoms with Gasteiger partial charge in [-0.3, -0.25) is 9.78 Å². The first-order valence-electron chi connectivity index (χ1n) is 11.2. The molecule has 1 saturated heterocycles. The summed E-state index contributed by atoms with van der Waals surface area (Å²) < 4.78 is 0. The first-order valence-corrected chi connectivity index (χ1v) is 11.2. The zero-order chi connectivity index (χ0) is 20.2. The molecule has 2 aromatic rings. The zero-order valence-corrected chi connectivity index (χ0v) is 17.7. The zero-order valence-electron chi connectivity index (χ0n) is 17.7. The van der Waals surface area contributed by atoms with Crippen molar-refractivity contribution in [2.24, 2.45) is 5.92 Å². The van der Waals surface area contributed by atoms with Gasteiger partial charge in [0.1, 0.15) is 5.82 Å². The number of carbonyl (C=O) groups is 1. The summed E-state index contributed by atoms with van der Waals surface area (Å²) in [6.45, 7) is 6.05.